The van der Waals surface area contributed by atoms with Crippen molar-refractivity contribution in [3.63, 3.8) is 0 Å². The SMILES string of the molecule is COC(=O)c1ccc(O[C@@H](C)C(=O)Nc2ccccc2C(F)(F)F)c([N+](=O)[O-])c1. The summed E-state index contributed by atoms with van der Waals surface area (Å²) in [4.78, 5) is 34.2. The maximum Gasteiger partial charge on any atom is 0.418 e. The first kappa shape index (κ1) is 21.7. The van der Waals surface area contributed by atoms with Gasteiger partial charge in [0.15, 0.2) is 11.9 Å². The van der Waals surface area contributed by atoms with Crippen LogP contribution in [0.4, 0.5) is 24.5 Å². The molecule has 0 spiro atoms. The number of nitro groups is 1. The van der Waals surface area contributed by atoms with Gasteiger partial charge in [-0.3, -0.25) is 14.9 Å². The monoisotopic (exact) mass is 412 g/mol. The molecule has 0 fully saturated rings. The Morgan fingerprint density at radius 1 is 1.17 bits per heavy atom. The van der Waals surface area contributed by atoms with Crippen molar-refractivity contribution in [3.8, 4) is 5.75 Å². The van der Waals surface area contributed by atoms with Crippen LogP contribution in [0.2, 0.25) is 0 Å². The summed E-state index contributed by atoms with van der Waals surface area (Å²) in [6, 6.07) is 7.55. The van der Waals surface area contributed by atoms with Gasteiger partial charge in [0.1, 0.15) is 0 Å². The molecule has 11 heteroatoms. The molecule has 2 aromatic carbocycles. The molecule has 1 atom stereocenters. The lowest BCUT2D eigenvalue weighted by atomic mass is 10.1. The summed E-state index contributed by atoms with van der Waals surface area (Å²) in [5, 5.41) is 13.3. The van der Waals surface area contributed by atoms with E-state index in [0.717, 1.165) is 31.4 Å². The number of benzene rings is 2. The van der Waals surface area contributed by atoms with Crippen LogP contribution >= 0.6 is 0 Å². The fourth-order valence-corrected chi connectivity index (χ4v) is 2.32. The first-order valence-electron chi connectivity index (χ1n) is 8.05. The zero-order valence-electron chi connectivity index (χ0n) is 15.1. The van der Waals surface area contributed by atoms with E-state index in [0.29, 0.717) is 0 Å². The molecule has 0 saturated heterocycles. The van der Waals surface area contributed by atoms with Crippen LogP contribution in [-0.2, 0) is 15.7 Å². The Labute approximate surface area is 162 Å². The first-order chi connectivity index (χ1) is 13.5. The first-order valence-corrected chi connectivity index (χ1v) is 8.05. The number of hydrogen-bond acceptors (Lipinski definition) is 6. The van der Waals surface area contributed by atoms with Crippen molar-refractivity contribution in [2.75, 3.05) is 12.4 Å². The van der Waals surface area contributed by atoms with Gasteiger partial charge in [-0.25, -0.2) is 4.79 Å². The smallest absolute Gasteiger partial charge is 0.418 e. The average molecular weight is 412 g/mol. The normalized spacial score (nSPS) is 12.0. The second-order valence-electron chi connectivity index (χ2n) is 5.72. The molecule has 2 aromatic rings. The molecule has 29 heavy (non-hydrogen) atoms. The average Bonchev–Trinajstić information content (AvgIpc) is 2.66. The zero-order valence-corrected chi connectivity index (χ0v) is 15.1. The number of para-hydroxylation sites is 1. The standard InChI is InChI=1S/C18H15F3N2O6/c1-10(16(24)22-13-6-4-3-5-12(13)18(19,20)21)29-15-8-7-11(17(25)28-2)9-14(15)23(26)27/h3-10H,1-2H3,(H,22,24)/t10-/m0/s1. The molecule has 0 aliphatic rings. The number of carbonyl (C=O) groups excluding carboxylic acids is 2. The molecule has 8 nitrogen and oxygen atoms in total. The lowest BCUT2D eigenvalue weighted by Crippen LogP contribution is -2.31. The zero-order chi connectivity index (χ0) is 21.8. The molecule has 0 saturated carbocycles. The summed E-state index contributed by atoms with van der Waals surface area (Å²) >= 11 is 0. The van der Waals surface area contributed by atoms with E-state index in [-0.39, 0.29) is 11.3 Å². The van der Waals surface area contributed by atoms with Gasteiger partial charge in [0, 0.05) is 6.07 Å². The number of hydrogen-bond donors (Lipinski definition) is 1. The number of nitrogens with one attached hydrogen (secondary N) is 1. The Hall–Kier alpha value is -3.63. The van der Waals surface area contributed by atoms with Crippen molar-refractivity contribution in [1.82, 2.24) is 0 Å². The van der Waals surface area contributed by atoms with Crippen molar-refractivity contribution in [3.05, 3.63) is 63.7 Å². The number of rotatable bonds is 6. The number of amides is 1. The number of esters is 1. The highest BCUT2D eigenvalue weighted by atomic mass is 19.4. The molecule has 0 heterocycles. The van der Waals surface area contributed by atoms with Gasteiger partial charge in [0.05, 0.1) is 28.8 Å². The van der Waals surface area contributed by atoms with Crippen LogP contribution in [0.25, 0.3) is 0 Å². The maximum atomic E-state index is 13.0. The highest BCUT2D eigenvalue weighted by Crippen LogP contribution is 2.35. The van der Waals surface area contributed by atoms with E-state index in [9.17, 15) is 32.9 Å². The topological polar surface area (TPSA) is 108 Å². The molecule has 1 N–H and O–H groups in total. The number of carbonyl (C=O) groups is 2. The fourth-order valence-electron chi connectivity index (χ4n) is 2.32. The van der Waals surface area contributed by atoms with Crippen molar-refractivity contribution in [1.29, 1.82) is 0 Å². The molecule has 0 unspecified atom stereocenters. The van der Waals surface area contributed by atoms with E-state index in [1.807, 2.05) is 0 Å². The van der Waals surface area contributed by atoms with Crippen molar-refractivity contribution < 1.29 is 37.2 Å². The number of anilines is 1. The largest absolute Gasteiger partial charge is 0.474 e. The third-order valence-corrected chi connectivity index (χ3v) is 3.74. The van der Waals surface area contributed by atoms with Crippen molar-refractivity contribution >= 4 is 23.3 Å². The van der Waals surface area contributed by atoms with Gasteiger partial charge < -0.3 is 14.8 Å². The van der Waals surface area contributed by atoms with E-state index in [2.05, 4.69) is 10.1 Å². The van der Waals surface area contributed by atoms with Crippen LogP contribution in [0.1, 0.15) is 22.8 Å². The molecule has 0 radical (unpaired) electrons. The molecule has 1 amide bonds. The predicted molar refractivity (Wildman–Crippen MR) is 94.6 cm³/mol. The summed E-state index contributed by atoms with van der Waals surface area (Å²) in [5.74, 6) is -2.10. The Kier molecular flexibility index (Phi) is 6.42. The molecule has 0 aromatic heterocycles. The second kappa shape index (κ2) is 8.59. The lowest BCUT2D eigenvalue weighted by Gasteiger charge is -2.17. The Morgan fingerprint density at radius 2 is 1.83 bits per heavy atom. The predicted octanol–water partition coefficient (Wildman–Crippen LogP) is 3.81. The molecular formula is C18H15F3N2O6. The lowest BCUT2D eigenvalue weighted by molar-refractivity contribution is -0.386. The highest BCUT2D eigenvalue weighted by Gasteiger charge is 2.34. The molecular weight excluding hydrogens is 397 g/mol. The Bertz CT molecular complexity index is 945. The van der Waals surface area contributed by atoms with Gasteiger partial charge in [-0.05, 0) is 31.2 Å². The van der Waals surface area contributed by atoms with Crippen LogP contribution in [0.15, 0.2) is 42.5 Å². The van der Waals surface area contributed by atoms with Gasteiger partial charge in [-0.15, -0.1) is 0 Å². The molecule has 154 valence electrons. The fraction of sp³-hybridized carbons (Fsp3) is 0.222. The van der Waals surface area contributed by atoms with Gasteiger partial charge in [0.2, 0.25) is 0 Å². The molecule has 0 aliphatic carbocycles. The van der Waals surface area contributed by atoms with Gasteiger partial charge >= 0.3 is 17.8 Å². The number of halogens is 3. The molecule has 2 rings (SSSR count). The number of methoxy groups -OCH3 is 1. The van der Waals surface area contributed by atoms with Gasteiger partial charge in [-0.2, -0.15) is 13.2 Å². The summed E-state index contributed by atoms with van der Waals surface area (Å²) in [6.45, 7) is 1.21. The molecule has 0 bridgehead atoms. The Morgan fingerprint density at radius 3 is 2.41 bits per heavy atom. The van der Waals surface area contributed by atoms with E-state index < -0.39 is 46.0 Å². The summed E-state index contributed by atoms with van der Waals surface area (Å²) in [6.07, 6.45) is -6.06. The second-order valence-corrected chi connectivity index (χ2v) is 5.72. The third-order valence-electron chi connectivity index (χ3n) is 3.74. The number of alkyl halides is 3. The van der Waals surface area contributed by atoms with E-state index in [4.69, 9.17) is 4.74 Å². The number of nitrogens with zero attached hydrogens (tertiary/aromatic N) is 1. The highest BCUT2D eigenvalue weighted by molar-refractivity contribution is 5.95. The van der Waals surface area contributed by atoms with E-state index >= 15 is 0 Å². The van der Waals surface area contributed by atoms with Crippen LogP contribution in [0.5, 0.6) is 5.75 Å². The van der Waals surface area contributed by atoms with Crippen LogP contribution in [-0.4, -0.2) is 30.0 Å². The quantitative estimate of drug-likeness (QED) is 0.439. The van der Waals surface area contributed by atoms with Gasteiger partial charge in [-0.1, -0.05) is 12.1 Å². The Balaban J connectivity index is 2.22. The van der Waals surface area contributed by atoms with E-state index in [1.165, 1.54) is 25.1 Å². The van der Waals surface area contributed by atoms with Crippen LogP contribution < -0.4 is 10.1 Å². The van der Waals surface area contributed by atoms with Gasteiger partial charge in [0.25, 0.3) is 5.91 Å². The number of ether oxygens (including phenoxy) is 2. The summed E-state index contributed by atoms with van der Waals surface area (Å²) < 4.78 is 48.8. The van der Waals surface area contributed by atoms with E-state index in [1.54, 1.807) is 0 Å². The number of nitro benzene ring substituents is 1. The van der Waals surface area contributed by atoms with Crippen LogP contribution in [0, 0.1) is 10.1 Å². The minimum absolute atomic E-state index is 0.109. The third kappa shape index (κ3) is 5.21. The summed E-state index contributed by atoms with van der Waals surface area (Å²) in [5.41, 5.74) is -2.24. The van der Waals surface area contributed by atoms with Crippen LogP contribution in [0.3, 0.4) is 0 Å². The summed E-state index contributed by atoms with van der Waals surface area (Å²) in [7, 11) is 1.10. The molecule has 0 aliphatic heterocycles. The minimum atomic E-state index is -4.68. The maximum absolute atomic E-state index is 13.0. The minimum Gasteiger partial charge on any atom is -0.474 e. The van der Waals surface area contributed by atoms with Crippen molar-refractivity contribution in [2.45, 2.75) is 19.2 Å². The van der Waals surface area contributed by atoms with Crippen molar-refractivity contribution in [2.24, 2.45) is 0 Å².